The molecule has 5 heteroatoms. The second kappa shape index (κ2) is 15.2. The van der Waals surface area contributed by atoms with Crippen LogP contribution in [0.4, 0.5) is 0 Å². The van der Waals surface area contributed by atoms with E-state index < -0.39 is 8.07 Å². The molecule has 0 aliphatic heterocycles. The third-order valence-electron chi connectivity index (χ3n) is 10.3. The number of rotatable bonds is 6. The van der Waals surface area contributed by atoms with E-state index in [9.17, 15) is 0 Å². The predicted molar refractivity (Wildman–Crippen MR) is 213 cm³/mol. The largest absolute Gasteiger partial charge is 0.305 e. The van der Waals surface area contributed by atoms with E-state index in [2.05, 4.69) is 136 Å². The molecule has 255 valence electrons. The minimum atomic E-state index is -1.23. The van der Waals surface area contributed by atoms with Crippen molar-refractivity contribution in [2.45, 2.75) is 64.6 Å². The molecule has 0 bridgehead atoms. The number of fused-ring (bicyclic) bond motifs is 3. The fraction of sp³-hybridized carbons (Fsp3) is 0.244. The zero-order chi connectivity index (χ0) is 34.0. The average molecular weight is 865 g/mol. The van der Waals surface area contributed by atoms with Crippen molar-refractivity contribution >= 4 is 44.8 Å². The number of hydrogen-bond donors (Lipinski definition) is 0. The Bertz CT molecular complexity index is 2180. The van der Waals surface area contributed by atoms with Gasteiger partial charge in [0.15, 0.2) is 0 Å². The van der Waals surface area contributed by atoms with E-state index in [-0.39, 0.29) is 25.5 Å². The molecule has 1 saturated carbocycles. The summed E-state index contributed by atoms with van der Waals surface area (Å²) >= 11 is 1.83. The summed E-state index contributed by atoms with van der Waals surface area (Å²) in [5.41, 5.74) is 8.23. The Morgan fingerprint density at radius 2 is 1.50 bits per heavy atom. The summed E-state index contributed by atoms with van der Waals surface area (Å²) in [7, 11) is -1.23. The fourth-order valence-electron chi connectivity index (χ4n) is 7.17. The summed E-state index contributed by atoms with van der Waals surface area (Å²) in [6.07, 6.45) is 9.41. The number of nitrogens with zero attached hydrogens (tertiary/aromatic N) is 2. The van der Waals surface area contributed by atoms with Crippen molar-refractivity contribution in [3.63, 3.8) is 0 Å². The van der Waals surface area contributed by atoms with Crippen molar-refractivity contribution in [1.82, 2.24) is 9.97 Å². The van der Waals surface area contributed by atoms with Crippen LogP contribution >= 0.6 is 11.3 Å². The van der Waals surface area contributed by atoms with Crippen molar-refractivity contribution in [2.75, 3.05) is 0 Å². The molecule has 1 fully saturated rings. The van der Waals surface area contributed by atoms with Crippen molar-refractivity contribution in [3.05, 3.63) is 139 Å². The molecular formula is C45H44IrN2SSi-2. The first-order chi connectivity index (χ1) is 23.7. The van der Waals surface area contributed by atoms with E-state index in [4.69, 9.17) is 4.98 Å². The monoisotopic (exact) mass is 865 g/mol. The summed E-state index contributed by atoms with van der Waals surface area (Å²) in [5.74, 6) is 0.752. The first kappa shape index (κ1) is 36.1. The zero-order valence-electron chi connectivity index (χ0n) is 29.6. The van der Waals surface area contributed by atoms with Gasteiger partial charge in [-0.05, 0) is 74.1 Å². The van der Waals surface area contributed by atoms with E-state index in [0.717, 1.165) is 28.4 Å². The van der Waals surface area contributed by atoms with E-state index in [1.165, 1.54) is 67.7 Å². The number of pyridine rings is 2. The number of hydrogen-bond acceptors (Lipinski definition) is 3. The molecule has 0 unspecified atom stereocenters. The third kappa shape index (κ3) is 7.62. The summed E-state index contributed by atoms with van der Waals surface area (Å²) in [4.78, 5) is 9.34. The minimum absolute atomic E-state index is 0. The molecule has 8 rings (SSSR count). The molecule has 0 amide bonds. The van der Waals surface area contributed by atoms with Crippen LogP contribution in [0.25, 0.3) is 53.8 Å². The van der Waals surface area contributed by atoms with Crippen LogP contribution < -0.4 is 5.19 Å². The Labute approximate surface area is 316 Å². The third-order valence-corrected chi connectivity index (χ3v) is 13.4. The zero-order valence-corrected chi connectivity index (χ0v) is 33.8. The summed E-state index contributed by atoms with van der Waals surface area (Å²) in [6.45, 7) is 11.8. The Kier molecular flexibility index (Phi) is 11.0. The van der Waals surface area contributed by atoms with Crippen LogP contribution in [0.3, 0.4) is 0 Å². The molecule has 1 aliphatic carbocycles. The first-order valence-electron chi connectivity index (χ1n) is 17.5. The van der Waals surface area contributed by atoms with Gasteiger partial charge in [0.2, 0.25) is 0 Å². The molecule has 3 aromatic heterocycles. The number of aromatic nitrogens is 2. The van der Waals surface area contributed by atoms with E-state index in [0.29, 0.717) is 0 Å². The molecule has 0 spiro atoms. The van der Waals surface area contributed by atoms with Gasteiger partial charge in [-0.25, -0.2) is 0 Å². The van der Waals surface area contributed by atoms with Crippen LogP contribution in [0.1, 0.15) is 45.1 Å². The molecule has 3 heterocycles. The van der Waals surface area contributed by atoms with Gasteiger partial charge < -0.3 is 9.97 Å². The fourth-order valence-corrected chi connectivity index (χ4v) is 9.34. The van der Waals surface area contributed by atoms with Gasteiger partial charge in [-0.2, -0.15) is 11.3 Å². The van der Waals surface area contributed by atoms with Crippen molar-refractivity contribution in [3.8, 4) is 33.6 Å². The Balaban J connectivity index is 0.000000215. The van der Waals surface area contributed by atoms with Gasteiger partial charge in [-0.15, -0.1) is 53.6 Å². The normalized spacial score (nSPS) is 13.5. The summed E-state index contributed by atoms with van der Waals surface area (Å²) < 4.78 is 2.51. The number of thiophene rings is 1. The average Bonchev–Trinajstić information content (AvgIpc) is 3.82. The molecular weight excluding hydrogens is 821 g/mol. The standard InChI is InChI=1S/C31H28NS.C14H16NSi.Ir/c1-31(2,23-12-6-7-13-23)24-16-17-32-27(20-24)22-18-26(21-10-4-3-5-11-21)30-25-14-8-9-15-28(25)33-29(30)19-22;1-16(2,3)13-9-10-14(15-11-13)12-7-5-4-6-8-12;/h3-5,8-11,14-18,20,23H,6-7,12-13H2,1-2H3;4-7,9-11H,1-3H3;/q2*-1;. The van der Waals surface area contributed by atoms with Crippen LogP contribution in [-0.2, 0) is 25.5 Å². The Morgan fingerprint density at radius 3 is 2.20 bits per heavy atom. The van der Waals surface area contributed by atoms with Crippen LogP contribution in [0.2, 0.25) is 19.6 Å². The van der Waals surface area contributed by atoms with Crippen LogP contribution in [-0.4, -0.2) is 18.0 Å². The molecule has 7 aromatic rings. The molecule has 50 heavy (non-hydrogen) atoms. The van der Waals surface area contributed by atoms with Crippen molar-refractivity contribution in [1.29, 1.82) is 0 Å². The van der Waals surface area contributed by atoms with Gasteiger partial charge in [0.25, 0.3) is 0 Å². The van der Waals surface area contributed by atoms with Crippen LogP contribution in [0.5, 0.6) is 0 Å². The number of benzene rings is 4. The summed E-state index contributed by atoms with van der Waals surface area (Å²) in [6, 6.07) is 45.5. The molecule has 0 saturated heterocycles. The molecule has 0 atom stereocenters. The second-order valence-corrected chi connectivity index (χ2v) is 21.0. The van der Waals surface area contributed by atoms with E-state index in [1.54, 1.807) is 0 Å². The molecule has 1 aliphatic rings. The predicted octanol–water partition coefficient (Wildman–Crippen LogP) is 12.1. The van der Waals surface area contributed by atoms with Gasteiger partial charge in [0.1, 0.15) is 0 Å². The smallest absolute Gasteiger partial charge is 0.0795 e. The van der Waals surface area contributed by atoms with Crippen LogP contribution in [0, 0.1) is 18.1 Å². The van der Waals surface area contributed by atoms with Gasteiger partial charge in [-0.3, -0.25) is 0 Å². The molecule has 1 radical (unpaired) electrons. The summed E-state index contributed by atoms with van der Waals surface area (Å²) in [5, 5.41) is 4.00. The molecule has 0 N–H and O–H groups in total. The van der Waals surface area contributed by atoms with Crippen LogP contribution in [0.15, 0.2) is 122 Å². The van der Waals surface area contributed by atoms with Crippen molar-refractivity contribution in [2.24, 2.45) is 5.92 Å². The topological polar surface area (TPSA) is 25.8 Å². The Hall–Kier alpha value is -3.73. The van der Waals surface area contributed by atoms with Gasteiger partial charge in [0, 0.05) is 37.2 Å². The van der Waals surface area contributed by atoms with Gasteiger partial charge in [-0.1, -0.05) is 124 Å². The second-order valence-electron chi connectivity index (χ2n) is 14.9. The SMILES string of the molecule is CC(C)(c1ccnc(-c2[c-]c3sc4ccccc4c3c(-c3ccccc3)c2)c1)C1CCCC1.C[Si](C)(C)c1ccc(-c2[c-]cccc2)nc1.[Ir]. The maximum Gasteiger partial charge on any atom is 0.0795 e. The Morgan fingerprint density at radius 1 is 0.760 bits per heavy atom. The van der Waals surface area contributed by atoms with Gasteiger partial charge in [0.05, 0.1) is 8.07 Å². The van der Waals surface area contributed by atoms with Gasteiger partial charge >= 0.3 is 0 Å². The quantitative estimate of drug-likeness (QED) is 0.123. The first-order valence-corrected chi connectivity index (χ1v) is 21.8. The van der Waals surface area contributed by atoms with E-state index >= 15 is 0 Å². The van der Waals surface area contributed by atoms with Crippen molar-refractivity contribution < 1.29 is 20.1 Å². The maximum absolute atomic E-state index is 4.82. The van der Waals surface area contributed by atoms with E-state index in [1.807, 2.05) is 48.0 Å². The maximum atomic E-state index is 4.82. The molecule has 4 aromatic carbocycles. The molecule has 2 nitrogen and oxygen atoms in total. The minimum Gasteiger partial charge on any atom is -0.305 e.